The number of hydrogen-bond donors (Lipinski definition) is 2. The summed E-state index contributed by atoms with van der Waals surface area (Å²) in [6.07, 6.45) is 3.14. The Morgan fingerprint density at radius 2 is 2.43 bits per heavy atom. The van der Waals surface area contributed by atoms with Crippen LogP contribution in [0.3, 0.4) is 0 Å². The summed E-state index contributed by atoms with van der Waals surface area (Å²) in [6.45, 7) is 2.49. The van der Waals surface area contributed by atoms with E-state index in [1.54, 1.807) is 12.4 Å². The summed E-state index contributed by atoms with van der Waals surface area (Å²) in [6, 6.07) is 0.146. The van der Waals surface area contributed by atoms with Gasteiger partial charge in [-0.2, -0.15) is 0 Å². The van der Waals surface area contributed by atoms with Gasteiger partial charge in [0, 0.05) is 12.6 Å². The molecule has 0 fully saturated rings. The maximum atomic E-state index is 5.46. The van der Waals surface area contributed by atoms with Crippen LogP contribution in [0, 0.1) is 0 Å². The van der Waals surface area contributed by atoms with Gasteiger partial charge in [-0.15, -0.1) is 0 Å². The summed E-state index contributed by atoms with van der Waals surface area (Å²) in [5.74, 6) is 0.540. The van der Waals surface area contributed by atoms with Crippen molar-refractivity contribution in [1.82, 2.24) is 15.1 Å². The molecular weight excluding hydrogens is 182 g/mol. The van der Waals surface area contributed by atoms with E-state index in [2.05, 4.69) is 20.4 Å². The van der Waals surface area contributed by atoms with Gasteiger partial charge in [0.25, 0.3) is 0 Å². The Balaban J connectivity index is 2.25. The number of aromatic nitrogens is 3. The Labute approximate surface area is 80.5 Å². The quantitative estimate of drug-likeness (QED) is 0.732. The smallest absolute Gasteiger partial charge is 0.223 e. The molecular formula is C8H11N5O. The molecule has 0 saturated heterocycles. The fourth-order valence-electron chi connectivity index (χ4n) is 1.03. The summed E-state index contributed by atoms with van der Waals surface area (Å²) in [5.41, 5.74) is 6.73. The Morgan fingerprint density at radius 3 is 3.21 bits per heavy atom. The van der Waals surface area contributed by atoms with E-state index < -0.39 is 0 Å². The molecule has 0 amide bonds. The number of rotatable bonds is 3. The van der Waals surface area contributed by atoms with E-state index in [0.29, 0.717) is 23.6 Å². The monoisotopic (exact) mass is 193 g/mol. The SMILES string of the molecule is CC(CN)Nc1ncc2oncc2n1. The van der Waals surface area contributed by atoms with Crippen molar-refractivity contribution in [3.05, 3.63) is 12.4 Å². The molecule has 2 aromatic rings. The maximum Gasteiger partial charge on any atom is 0.223 e. The zero-order valence-electron chi connectivity index (χ0n) is 7.77. The summed E-state index contributed by atoms with van der Waals surface area (Å²) in [4.78, 5) is 8.24. The van der Waals surface area contributed by atoms with Crippen LogP contribution in [0.25, 0.3) is 11.1 Å². The lowest BCUT2D eigenvalue weighted by molar-refractivity contribution is 0.455. The average Bonchev–Trinajstić information content (AvgIpc) is 2.64. The lowest BCUT2D eigenvalue weighted by atomic mass is 10.3. The van der Waals surface area contributed by atoms with Gasteiger partial charge in [-0.25, -0.2) is 9.97 Å². The third kappa shape index (κ3) is 1.64. The Bertz CT molecular complexity index is 426. The molecule has 74 valence electrons. The van der Waals surface area contributed by atoms with Crippen LogP contribution in [0.15, 0.2) is 16.9 Å². The minimum absolute atomic E-state index is 0.146. The first-order chi connectivity index (χ1) is 6.79. The Morgan fingerprint density at radius 1 is 1.57 bits per heavy atom. The van der Waals surface area contributed by atoms with E-state index in [-0.39, 0.29) is 6.04 Å². The first kappa shape index (κ1) is 8.89. The Hall–Kier alpha value is -1.69. The van der Waals surface area contributed by atoms with Crippen LogP contribution < -0.4 is 11.1 Å². The fourth-order valence-corrected chi connectivity index (χ4v) is 1.03. The van der Waals surface area contributed by atoms with Crippen molar-refractivity contribution in [2.75, 3.05) is 11.9 Å². The van der Waals surface area contributed by atoms with Gasteiger partial charge in [0.05, 0.1) is 12.4 Å². The van der Waals surface area contributed by atoms with Gasteiger partial charge in [-0.05, 0) is 6.92 Å². The first-order valence-electron chi connectivity index (χ1n) is 4.33. The van der Waals surface area contributed by atoms with E-state index >= 15 is 0 Å². The molecule has 1 unspecified atom stereocenters. The van der Waals surface area contributed by atoms with Gasteiger partial charge < -0.3 is 15.6 Å². The molecule has 0 aliphatic heterocycles. The second-order valence-electron chi connectivity index (χ2n) is 3.05. The van der Waals surface area contributed by atoms with E-state index in [0.717, 1.165) is 0 Å². The zero-order chi connectivity index (χ0) is 9.97. The van der Waals surface area contributed by atoms with Crippen LogP contribution in [0.1, 0.15) is 6.92 Å². The predicted octanol–water partition coefficient (Wildman–Crippen LogP) is 0.377. The number of nitrogens with zero attached hydrogens (tertiary/aromatic N) is 3. The van der Waals surface area contributed by atoms with Gasteiger partial charge in [-0.3, -0.25) is 0 Å². The zero-order valence-corrected chi connectivity index (χ0v) is 7.77. The van der Waals surface area contributed by atoms with E-state index in [9.17, 15) is 0 Å². The van der Waals surface area contributed by atoms with Gasteiger partial charge in [0.2, 0.25) is 11.5 Å². The molecule has 3 N–H and O–H groups in total. The topological polar surface area (TPSA) is 89.9 Å². The summed E-state index contributed by atoms with van der Waals surface area (Å²) in [7, 11) is 0. The normalized spacial score (nSPS) is 13.0. The van der Waals surface area contributed by atoms with Crippen molar-refractivity contribution in [3.8, 4) is 0 Å². The highest BCUT2D eigenvalue weighted by Gasteiger charge is 2.05. The summed E-state index contributed by atoms with van der Waals surface area (Å²) >= 11 is 0. The van der Waals surface area contributed by atoms with Crippen LogP contribution >= 0.6 is 0 Å². The molecule has 0 aliphatic carbocycles. The molecule has 0 radical (unpaired) electrons. The molecule has 2 aromatic heterocycles. The standard InChI is InChI=1S/C8H11N5O/c1-5(2-9)12-8-10-4-7-6(13-8)3-11-14-7/h3-5H,2,9H2,1H3,(H,10,12,13). The van der Waals surface area contributed by atoms with Crippen molar-refractivity contribution >= 4 is 17.0 Å². The van der Waals surface area contributed by atoms with Crippen LogP contribution in [0.2, 0.25) is 0 Å². The van der Waals surface area contributed by atoms with E-state index in [1.807, 2.05) is 6.92 Å². The molecule has 0 aliphatic rings. The molecule has 0 saturated carbocycles. The highest BCUT2D eigenvalue weighted by molar-refractivity contribution is 5.70. The van der Waals surface area contributed by atoms with E-state index in [1.165, 1.54) is 0 Å². The van der Waals surface area contributed by atoms with E-state index in [4.69, 9.17) is 10.3 Å². The lowest BCUT2D eigenvalue weighted by Crippen LogP contribution is -2.26. The number of nitrogens with one attached hydrogen (secondary N) is 1. The molecule has 1 atom stereocenters. The van der Waals surface area contributed by atoms with Crippen molar-refractivity contribution in [1.29, 1.82) is 0 Å². The Kier molecular flexibility index (Phi) is 2.28. The van der Waals surface area contributed by atoms with Gasteiger partial charge in [0.1, 0.15) is 5.52 Å². The van der Waals surface area contributed by atoms with Crippen LogP contribution in [0.4, 0.5) is 5.95 Å². The van der Waals surface area contributed by atoms with Crippen molar-refractivity contribution in [2.24, 2.45) is 5.73 Å². The van der Waals surface area contributed by atoms with Gasteiger partial charge >= 0.3 is 0 Å². The minimum Gasteiger partial charge on any atom is -0.353 e. The second kappa shape index (κ2) is 3.59. The molecule has 0 bridgehead atoms. The highest BCUT2D eigenvalue weighted by Crippen LogP contribution is 2.11. The molecule has 2 rings (SSSR count). The van der Waals surface area contributed by atoms with Gasteiger partial charge in [0.15, 0.2) is 0 Å². The summed E-state index contributed by atoms with van der Waals surface area (Å²) < 4.78 is 4.88. The van der Waals surface area contributed by atoms with Crippen LogP contribution in [0.5, 0.6) is 0 Å². The molecule has 0 aromatic carbocycles. The number of hydrogen-bond acceptors (Lipinski definition) is 6. The predicted molar refractivity (Wildman–Crippen MR) is 51.7 cm³/mol. The lowest BCUT2D eigenvalue weighted by Gasteiger charge is -2.09. The molecule has 2 heterocycles. The molecule has 14 heavy (non-hydrogen) atoms. The summed E-state index contributed by atoms with van der Waals surface area (Å²) in [5, 5.41) is 6.67. The molecule has 6 nitrogen and oxygen atoms in total. The number of fused-ring (bicyclic) bond motifs is 1. The second-order valence-corrected chi connectivity index (χ2v) is 3.05. The number of anilines is 1. The third-order valence-electron chi connectivity index (χ3n) is 1.84. The minimum atomic E-state index is 0.146. The largest absolute Gasteiger partial charge is 0.353 e. The molecule has 0 spiro atoms. The van der Waals surface area contributed by atoms with Crippen LogP contribution in [-0.4, -0.2) is 27.7 Å². The van der Waals surface area contributed by atoms with Crippen LogP contribution in [-0.2, 0) is 0 Å². The first-order valence-corrected chi connectivity index (χ1v) is 4.33. The maximum absolute atomic E-state index is 5.46. The van der Waals surface area contributed by atoms with Crippen molar-refractivity contribution in [3.63, 3.8) is 0 Å². The average molecular weight is 193 g/mol. The highest BCUT2D eigenvalue weighted by atomic mass is 16.5. The fraction of sp³-hybridized carbons (Fsp3) is 0.375. The number of nitrogens with two attached hydrogens (primary N) is 1. The molecule has 6 heteroatoms. The van der Waals surface area contributed by atoms with Crippen molar-refractivity contribution in [2.45, 2.75) is 13.0 Å². The van der Waals surface area contributed by atoms with Gasteiger partial charge in [-0.1, -0.05) is 5.16 Å². The van der Waals surface area contributed by atoms with Crippen molar-refractivity contribution < 1.29 is 4.52 Å². The third-order valence-corrected chi connectivity index (χ3v) is 1.84.